The molecule has 0 bridgehead atoms. The molecule has 0 saturated heterocycles. The van der Waals surface area contributed by atoms with Crippen LogP contribution in [0.15, 0.2) is 42.6 Å². The van der Waals surface area contributed by atoms with E-state index in [1.807, 2.05) is 23.6 Å². The normalized spacial score (nSPS) is 10.8. The van der Waals surface area contributed by atoms with Crippen molar-refractivity contribution in [3.05, 3.63) is 57.9 Å². The number of nitrogens with one attached hydrogen (secondary N) is 1. The van der Waals surface area contributed by atoms with Crippen LogP contribution in [0.1, 0.15) is 15.3 Å². The third kappa shape index (κ3) is 2.47. The predicted molar refractivity (Wildman–Crippen MR) is 82.9 cm³/mol. The van der Waals surface area contributed by atoms with Gasteiger partial charge >= 0.3 is 0 Å². The van der Waals surface area contributed by atoms with Crippen LogP contribution in [-0.2, 0) is 6.54 Å². The summed E-state index contributed by atoms with van der Waals surface area (Å²) in [5.74, 6) is 0. The van der Waals surface area contributed by atoms with E-state index < -0.39 is 0 Å². The van der Waals surface area contributed by atoms with E-state index >= 15 is 0 Å². The Kier molecular flexibility index (Phi) is 3.22. The number of aryl methyl sites for hydroxylation is 2. The van der Waals surface area contributed by atoms with Crippen LogP contribution in [0.25, 0.3) is 10.9 Å². The predicted octanol–water partition coefficient (Wildman–Crippen LogP) is 4.53. The van der Waals surface area contributed by atoms with Crippen molar-refractivity contribution in [1.82, 2.24) is 4.98 Å². The molecule has 0 atom stereocenters. The van der Waals surface area contributed by atoms with Gasteiger partial charge in [0.15, 0.2) is 0 Å². The number of anilines is 1. The van der Waals surface area contributed by atoms with E-state index in [9.17, 15) is 0 Å². The summed E-state index contributed by atoms with van der Waals surface area (Å²) in [5, 5.41) is 4.67. The van der Waals surface area contributed by atoms with Crippen molar-refractivity contribution >= 4 is 27.9 Å². The lowest BCUT2D eigenvalue weighted by Gasteiger charge is -2.08. The van der Waals surface area contributed by atoms with Crippen LogP contribution >= 0.6 is 11.3 Å². The Bertz CT molecular complexity index is 710. The summed E-state index contributed by atoms with van der Waals surface area (Å²) in [6.45, 7) is 5.18. The van der Waals surface area contributed by atoms with Crippen molar-refractivity contribution < 1.29 is 0 Å². The summed E-state index contributed by atoms with van der Waals surface area (Å²) in [7, 11) is 0. The first-order chi connectivity index (χ1) is 9.24. The molecule has 1 N–H and O–H groups in total. The Balaban J connectivity index is 1.88. The summed E-state index contributed by atoms with van der Waals surface area (Å²) in [5.41, 5.74) is 3.51. The summed E-state index contributed by atoms with van der Waals surface area (Å²) in [4.78, 5) is 7.21. The van der Waals surface area contributed by atoms with Crippen molar-refractivity contribution in [2.24, 2.45) is 0 Å². The number of pyridine rings is 1. The molecule has 2 nitrogen and oxygen atoms in total. The Hall–Kier alpha value is -1.87. The second-order valence-electron chi connectivity index (χ2n) is 4.67. The molecule has 0 aliphatic rings. The third-order valence-corrected chi connectivity index (χ3v) is 4.25. The first kappa shape index (κ1) is 12.2. The molecule has 0 aliphatic heterocycles. The number of hydrogen-bond donors (Lipinski definition) is 1. The maximum atomic E-state index is 4.46. The molecule has 3 rings (SSSR count). The molecule has 3 heteroatoms. The van der Waals surface area contributed by atoms with Crippen molar-refractivity contribution in [2.45, 2.75) is 20.4 Å². The maximum absolute atomic E-state index is 4.46. The van der Waals surface area contributed by atoms with Gasteiger partial charge < -0.3 is 5.32 Å². The largest absolute Gasteiger partial charge is 0.379 e. The Morgan fingerprint density at radius 1 is 1.16 bits per heavy atom. The lowest BCUT2D eigenvalue weighted by atomic mass is 10.2. The van der Waals surface area contributed by atoms with Crippen LogP contribution in [0.3, 0.4) is 0 Å². The van der Waals surface area contributed by atoms with Crippen molar-refractivity contribution in [3.8, 4) is 0 Å². The van der Waals surface area contributed by atoms with Gasteiger partial charge in [0.2, 0.25) is 0 Å². The SMILES string of the molecule is Cc1cc(CNc2cccc3cccnc23)c(C)s1. The van der Waals surface area contributed by atoms with Gasteiger partial charge in [0.1, 0.15) is 0 Å². The molecule has 96 valence electrons. The van der Waals surface area contributed by atoms with Gasteiger partial charge in [-0.15, -0.1) is 11.3 Å². The molecule has 0 saturated carbocycles. The van der Waals surface area contributed by atoms with E-state index in [0.29, 0.717) is 0 Å². The van der Waals surface area contributed by atoms with Gasteiger partial charge in [-0.1, -0.05) is 18.2 Å². The Morgan fingerprint density at radius 2 is 2.00 bits per heavy atom. The summed E-state index contributed by atoms with van der Waals surface area (Å²) in [6.07, 6.45) is 1.84. The molecule has 19 heavy (non-hydrogen) atoms. The monoisotopic (exact) mass is 268 g/mol. The van der Waals surface area contributed by atoms with Gasteiger partial charge in [-0.25, -0.2) is 0 Å². The molecule has 2 heterocycles. The number of thiophene rings is 1. The van der Waals surface area contributed by atoms with Gasteiger partial charge in [0.05, 0.1) is 11.2 Å². The second-order valence-corrected chi connectivity index (χ2v) is 6.13. The van der Waals surface area contributed by atoms with Crippen LogP contribution in [0.2, 0.25) is 0 Å². The van der Waals surface area contributed by atoms with Gasteiger partial charge in [0, 0.05) is 27.9 Å². The number of hydrogen-bond acceptors (Lipinski definition) is 3. The maximum Gasteiger partial charge on any atom is 0.0933 e. The van der Waals surface area contributed by atoms with Crippen LogP contribution in [0.5, 0.6) is 0 Å². The fraction of sp³-hybridized carbons (Fsp3) is 0.188. The van der Waals surface area contributed by atoms with Crippen LogP contribution in [0, 0.1) is 13.8 Å². The molecular weight excluding hydrogens is 252 g/mol. The van der Waals surface area contributed by atoms with Gasteiger partial charge in [0.25, 0.3) is 0 Å². The third-order valence-electron chi connectivity index (χ3n) is 3.25. The minimum atomic E-state index is 0.853. The summed E-state index contributed by atoms with van der Waals surface area (Å²) in [6, 6.07) is 12.6. The first-order valence-electron chi connectivity index (χ1n) is 6.37. The highest BCUT2D eigenvalue weighted by atomic mass is 32.1. The molecular formula is C16H16N2S. The Labute approximate surface area is 117 Å². The average molecular weight is 268 g/mol. The number of aromatic nitrogens is 1. The van der Waals surface area contributed by atoms with Gasteiger partial charge in [-0.3, -0.25) is 4.98 Å². The van der Waals surface area contributed by atoms with E-state index in [-0.39, 0.29) is 0 Å². The van der Waals surface area contributed by atoms with Crippen LogP contribution in [0.4, 0.5) is 5.69 Å². The zero-order chi connectivity index (χ0) is 13.2. The zero-order valence-corrected chi connectivity index (χ0v) is 11.9. The zero-order valence-electron chi connectivity index (χ0n) is 11.1. The van der Waals surface area contributed by atoms with Crippen molar-refractivity contribution in [1.29, 1.82) is 0 Å². The molecule has 0 amide bonds. The number of benzene rings is 1. The lowest BCUT2D eigenvalue weighted by Crippen LogP contribution is -2.00. The molecule has 3 aromatic rings. The molecule has 0 aliphatic carbocycles. The van der Waals surface area contributed by atoms with Crippen LogP contribution in [-0.4, -0.2) is 4.98 Å². The molecule has 0 fully saturated rings. The van der Waals surface area contributed by atoms with E-state index in [0.717, 1.165) is 17.7 Å². The first-order valence-corrected chi connectivity index (χ1v) is 7.19. The fourth-order valence-electron chi connectivity index (χ4n) is 2.30. The average Bonchev–Trinajstić information content (AvgIpc) is 2.74. The van der Waals surface area contributed by atoms with E-state index in [2.05, 4.69) is 54.5 Å². The number of rotatable bonds is 3. The van der Waals surface area contributed by atoms with Gasteiger partial charge in [-0.2, -0.15) is 0 Å². The standard InChI is InChI=1S/C16H16N2S/c1-11-9-14(12(2)19-11)10-18-15-7-3-5-13-6-4-8-17-16(13)15/h3-9,18H,10H2,1-2H3. The van der Waals surface area contributed by atoms with E-state index in [1.54, 1.807) is 0 Å². The molecule has 0 spiro atoms. The van der Waals surface area contributed by atoms with Crippen LogP contribution < -0.4 is 5.32 Å². The highest BCUT2D eigenvalue weighted by molar-refractivity contribution is 7.12. The summed E-state index contributed by atoms with van der Waals surface area (Å²) < 4.78 is 0. The fourth-order valence-corrected chi connectivity index (χ4v) is 3.24. The number of nitrogens with zero attached hydrogens (tertiary/aromatic N) is 1. The topological polar surface area (TPSA) is 24.9 Å². The number of para-hydroxylation sites is 1. The lowest BCUT2D eigenvalue weighted by molar-refractivity contribution is 1.14. The second kappa shape index (κ2) is 5.02. The summed E-state index contributed by atoms with van der Waals surface area (Å²) >= 11 is 1.85. The number of fused-ring (bicyclic) bond motifs is 1. The van der Waals surface area contributed by atoms with E-state index in [4.69, 9.17) is 0 Å². The van der Waals surface area contributed by atoms with E-state index in [1.165, 1.54) is 20.7 Å². The molecule has 2 aromatic heterocycles. The molecule has 1 aromatic carbocycles. The smallest absolute Gasteiger partial charge is 0.0933 e. The minimum Gasteiger partial charge on any atom is -0.379 e. The molecule has 0 unspecified atom stereocenters. The minimum absolute atomic E-state index is 0.853. The highest BCUT2D eigenvalue weighted by Gasteiger charge is 2.05. The van der Waals surface area contributed by atoms with Gasteiger partial charge in [-0.05, 0) is 37.6 Å². The quantitative estimate of drug-likeness (QED) is 0.755. The molecule has 0 radical (unpaired) electrons. The van der Waals surface area contributed by atoms with Crippen molar-refractivity contribution in [3.63, 3.8) is 0 Å². The Morgan fingerprint density at radius 3 is 2.79 bits per heavy atom. The van der Waals surface area contributed by atoms with Crippen molar-refractivity contribution in [2.75, 3.05) is 5.32 Å². The highest BCUT2D eigenvalue weighted by Crippen LogP contribution is 2.24.